The quantitative estimate of drug-likeness (QED) is 0.648. The molecule has 0 atom stereocenters. The molecule has 0 aliphatic rings. The van der Waals surface area contributed by atoms with Crippen LogP contribution in [0.5, 0.6) is 0 Å². The van der Waals surface area contributed by atoms with Gasteiger partial charge in [0.1, 0.15) is 11.8 Å². The van der Waals surface area contributed by atoms with E-state index in [0.29, 0.717) is 32.7 Å². The number of aryl methyl sites for hydroxylation is 1. The van der Waals surface area contributed by atoms with Gasteiger partial charge in [-0.05, 0) is 37.3 Å². The highest BCUT2D eigenvalue weighted by Gasteiger charge is 2.14. The van der Waals surface area contributed by atoms with Crippen molar-refractivity contribution in [1.29, 1.82) is 5.26 Å². The van der Waals surface area contributed by atoms with Gasteiger partial charge in [-0.3, -0.25) is 4.79 Å². The first-order valence-electron chi connectivity index (χ1n) is 7.85. The van der Waals surface area contributed by atoms with Crippen LogP contribution in [0.15, 0.2) is 48.5 Å². The zero-order valence-electron chi connectivity index (χ0n) is 14.1. The Morgan fingerprint density at radius 3 is 2.48 bits per heavy atom. The summed E-state index contributed by atoms with van der Waals surface area (Å²) >= 11 is 12.3. The third kappa shape index (κ3) is 4.34. The van der Waals surface area contributed by atoms with Crippen molar-refractivity contribution in [2.75, 3.05) is 10.6 Å². The fraction of sp³-hybridized carbons (Fsp3) is 0.0526. The SMILES string of the molecule is Cc1cc(C(=O)Nc2ccccc2C#N)nc(Nc2c(Cl)cccc2Cl)n1. The number of nitriles is 1. The number of hydrogen-bond donors (Lipinski definition) is 2. The summed E-state index contributed by atoms with van der Waals surface area (Å²) in [5.74, 6) is -0.278. The topological polar surface area (TPSA) is 90.7 Å². The second-order valence-corrected chi connectivity index (χ2v) is 6.37. The number of halogens is 2. The predicted molar refractivity (Wildman–Crippen MR) is 106 cm³/mol. The van der Waals surface area contributed by atoms with Gasteiger partial charge in [-0.2, -0.15) is 5.26 Å². The van der Waals surface area contributed by atoms with Gasteiger partial charge in [0.2, 0.25) is 5.95 Å². The highest BCUT2D eigenvalue weighted by atomic mass is 35.5. The van der Waals surface area contributed by atoms with Crippen LogP contribution in [0, 0.1) is 18.3 Å². The Bertz CT molecular complexity index is 1040. The maximum atomic E-state index is 12.6. The van der Waals surface area contributed by atoms with Gasteiger partial charge in [-0.1, -0.05) is 41.4 Å². The highest BCUT2D eigenvalue weighted by Crippen LogP contribution is 2.31. The predicted octanol–water partition coefficient (Wildman–Crippen LogP) is 4.96. The van der Waals surface area contributed by atoms with Crippen LogP contribution in [0.1, 0.15) is 21.7 Å². The van der Waals surface area contributed by atoms with E-state index in [2.05, 4.69) is 20.6 Å². The van der Waals surface area contributed by atoms with Crippen molar-refractivity contribution in [1.82, 2.24) is 9.97 Å². The number of nitrogens with one attached hydrogen (secondary N) is 2. The number of nitrogens with zero attached hydrogens (tertiary/aromatic N) is 3. The van der Waals surface area contributed by atoms with Crippen LogP contribution in [0.25, 0.3) is 0 Å². The number of rotatable bonds is 4. The average molecular weight is 398 g/mol. The van der Waals surface area contributed by atoms with Crippen LogP contribution in [0.2, 0.25) is 10.0 Å². The molecule has 0 spiro atoms. The molecule has 0 radical (unpaired) electrons. The van der Waals surface area contributed by atoms with Gasteiger partial charge < -0.3 is 10.6 Å². The van der Waals surface area contributed by atoms with Gasteiger partial charge in [0, 0.05) is 5.69 Å². The summed E-state index contributed by atoms with van der Waals surface area (Å²) in [6, 6.07) is 15.4. The fourth-order valence-electron chi connectivity index (χ4n) is 2.35. The van der Waals surface area contributed by atoms with Crippen LogP contribution >= 0.6 is 23.2 Å². The Morgan fingerprint density at radius 2 is 1.78 bits per heavy atom. The van der Waals surface area contributed by atoms with Crippen molar-refractivity contribution >= 4 is 46.4 Å². The van der Waals surface area contributed by atoms with Crippen LogP contribution < -0.4 is 10.6 Å². The molecule has 0 aliphatic heterocycles. The molecule has 3 rings (SSSR count). The lowest BCUT2D eigenvalue weighted by Gasteiger charge is -2.11. The second kappa shape index (κ2) is 8.04. The number of aromatic nitrogens is 2. The van der Waals surface area contributed by atoms with Gasteiger partial charge in [-0.15, -0.1) is 0 Å². The zero-order chi connectivity index (χ0) is 19.4. The molecule has 1 heterocycles. The van der Waals surface area contributed by atoms with Crippen molar-refractivity contribution < 1.29 is 4.79 Å². The molecule has 0 aliphatic carbocycles. The molecular weight excluding hydrogens is 385 g/mol. The minimum Gasteiger partial charge on any atom is -0.322 e. The highest BCUT2D eigenvalue weighted by molar-refractivity contribution is 6.39. The Balaban J connectivity index is 1.89. The number of carbonyl (C=O) groups is 1. The van der Waals surface area contributed by atoms with Gasteiger partial charge in [-0.25, -0.2) is 9.97 Å². The maximum absolute atomic E-state index is 12.6. The summed E-state index contributed by atoms with van der Waals surface area (Å²) < 4.78 is 0. The third-order valence-corrected chi connectivity index (χ3v) is 4.21. The number of anilines is 3. The lowest BCUT2D eigenvalue weighted by Crippen LogP contribution is -2.16. The molecule has 0 fully saturated rings. The molecule has 2 aromatic carbocycles. The monoisotopic (exact) mass is 397 g/mol. The second-order valence-electron chi connectivity index (χ2n) is 5.55. The van der Waals surface area contributed by atoms with E-state index in [1.54, 1.807) is 55.5 Å². The molecule has 3 aromatic rings. The Labute approximate surface area is 165 Å². The molecule has 1 aromatic heterocycles. The lowest BCUT2D eigenvalue weighted by molar-refractivity contribution is 0.102. The molecule has 0 saturated carbocycles. The molecule has 0 unspecified atom stereocenters. The van der Waals surface area contributed by atoms with Crippen LogP contribution in [-0.4, -0.2) is 15.9 Å². The Hall–Kier alpha value is -3.14. The van der Waals surface area contributed by atoms with E-state index in [0.717, 1.165) is 0 Å². The van der Waals surface area contributed by atoms with E-state index in [1.807, 2.05) is 6.07 Å². The summed E-state index contributed by atoms with van der Waals surface area (Å²) in [4.78, 5) is 21.1. The van der Waals surface area contributed by atoms with Crippen molar-refractivity contribution in [3.63, 3.8) is 0 Å². The fourth-order valence-corrected chi connectivity index (χ4v) is 2.84. The number of amides is 1. The van der Waals surface area contributed by atoms with Crippen molar-refractivity contribution in [3.8, 4) is 6.07 Å². The van der Waals surface area contributed by atoms with Crippen molar-refractivity contribution in [2.45, 2.75) is 6.92 Å². The normalized spacial score (nSPS) is 10.1. The Kier molecular flexibility index (Phi) is 5.55. The van der Waals surface area contributed by atoms with E-state index in [-0.39, 0.29) is 11.6 Å². The summed E-state index contributed by atoms with van der Waals surface area (Å²) in [7, 11) is 0. The van der Waals surface area contributed by atoms with Gasteiger partial charge >= 0.3 is 0 Å². The van der Waals surface area contributed by atoms with Crippen LogP contribution in [0.3, 0.4) is 0 Å². The van der Waals surface area contributed by atoms with E-state index < -0.39 is 5.91 Å². The Morgan fingerprint density at radius 1 is 1.07 bits per heavy atom. The van der Waals surface area contributed by atoms with Crippen LogP contribution in [-0.2, 0) is 0 Å². The number of hydrogen-bond acceptors (Lipinski definition) is 5. The first-order valence-corrected chi connectivity index (χ1v) is 8.60. The molecule has 134 valence electrons. The number of benzene rings is 2. The van der Waals surface area contributed by atoms with Gasteiger partial charge in [0.15, 0.2) is 0 Å². The first kappa shape index (κ1) is 18.6. The zero-order valence-corrected chi connectivity index (χ0v) is 15.6. The maximum Gasteiger partial charge on any atom is 0.274 e. The summed E-state index contributed by atoms with van der Waals surface area (Å²) in [5.41, 5.74) is 1.94. The smallest absolute Gasteiger partial charge is 0.274 e. The van der Waals surface area contributed by atoms with E-state index >= 15 is 0 Å². The molecule has 8 heteroatoms. The molecule has 0 bridgehead atoms. The number of para-hydroxylation sites is 2. The molecule has 6 nitrogen and oxygen atoms in total. The molecule has 1 amide bonds. The first-order chi connectivity index (χ1) is 13.0. The lowest BCUT2D eigenvalue weighted by atomic mass is 10.2. The molecular formula is C19H13Cl2N5O. The van der Waals surface area contributed by atoms with Crippen molar-refractivity contribution in [2.24, 2.45) is 0 Å². The van der Waals surface area contributed by atoms with Gasteiger partial charge in [0.25, 0.3) is 5.91 Å². The molecule has 2 N–H and O–H groups in total. The molecule has 0 saturated heterocycles. The van der Waals surface area contributed by atoms with Crippen molar-refractivity contribution in [3.05, 3.63) is 75.5 Å². The van der Waals surface area contributed by atoms with E-state index in [4.69, 9.17) is 28.5 Å². The van der Waals surface area contributed by atoms with E-state index in [1.165, 1.54) is 0 Å². The largest absolute Gasteiger partial charge is 0.322 e. The third-order valence-electron chi connectivity index (χ3n) is 3.58. The average Bonchev–Trinajstić information content (AvgIpc) is 2.65. The minimum absolute atomic E-state index is 0.140. The summed E-state index contributed by atoms with van der Waals surface area (Å²) in [6.45, 7) is 1.74. The summed E-state index contributed by atoms with van der Waals surface area (Å²) in [6.07, 6.45) is 0. The van der Waals surface area contributed by atoms with Crippen LogP contribution in [0.4, 0.5) is 17.3 Å². The van der Waals surface area contributed by atoms with Gasteiger partial charge in [0.05, 0.1) is 27.0 Å². The molecule has 27 heavy (non-hydrogen) atoms. The van der Waals surface area contributed by atoms with E-state index in [9.17, 15) is 4.79 Å². The minimum atomic E-state index is -0.462. The standard InChI is InChI=1S/C19H13Cl2N5O/c1-11-9-16(18(27)24-15-8-3-2-5-12(15)10-22)25-19(23-11)26-17-13(20)6-4-7-14(17)21/h2-9H,1H3,(H,24,27)(H,23,25,26). The number of carbonyl (C=O) groups excluding carboxylic acids is 1. The summed E-state index contributed by atoms with van der Waals surface area (Å²) in [5, 5.41) is 15.6.